The molecule has 0 radical (unpaired) electrons. The molecular weight excluding hydrogens is 250 g/mol. The third kappa shape index (κ3) is 2.16. The van der Waals surface area contributed by atoms with Gasteiger partial charge in [-0.15, -0.1) is 0 Å². The quantitative estimate of drug-likeness (QED) is 0.699. The van der Waals surface area contributed by atoms with E-state index in [1.54, 1.807) is 0 Å². The maximum absolute atomic E-state index is 11.7. The van der Waals surface area contributed by atoms with E-state index < -0.39 is 0 Å². The highest BCUT2D eigenvalue weighted by Crippen LogP contribution is 2.19. The molecule has 0 saturated carbocycles. The Morgan fingerprint density at radius 2 is 1.90 bits per heavy atom. The molecule has 2 aromatic carbocycles. The van der Waals surface area contributed by atoms with Crippen LogP contribution in [0.4, 0.5) is 5.69 Å². The van der Waals surface area contributed by atoms with Crippen molar-refractivity contribution in [3.63, 3.8) is 0 Å². The Labute approximate surface area is 116 Å². The van der Waals surface area contributed by atoms with Crippen molar-refractivity contribution < 1.29 is 0 Å². The third-order valence-electron chi connectivity index (χ3n) is 3.49. The lowest BCUT2D eigenvalue weighted by Crippen LogP contribution is -2.11. The molecule has 3 N–H and O–H groups in total. The SMILES string of the molecule is Cc1ccc(Cc2n[nH]c(=O)c3ccccc23)cc1N. The molecule has 0 fully saturated rings. The smallest absolute Gasteiger partial charge is 0.272 e. The topological polar surface area (TPSA) is 71.8 Å². The van der Waals surface area contributed by atoms with E-state index >= 15 is 0 Å². The molecular formula is C16H15N3O. The number of rotatable bonds is 2. The second-order valence-electron chi connectivity index (χ2n) is 4.91. The van der Waals surface area contributed by atoms with Gasteiger partial charge >= 0.3 is 0 Å². The van der Waals surface area contributed by atoms with Crippen LogP contribution >= 0.6 is 0 Å². The van der Waals surface area contributed by atoms with Crippen LogP contribution in [-0.2, 0) is 6.42 Å². The van der Waals surface area contributed by atoms with Gasteiger partial charge in [0.05, 0.1) is 11.1 Å². The number of nitrogen functional groups attached to an aromatic ring is 1. The number of hydrogen-bond donors (Lipinski definition) is 2. The highest BCUT2D eigenvalue weighted by Gasteiger charge is 2.07. The largest absolute Gasteiger partial charge is 0.399 e. The van der Waals surface area contributed by atoms with E-state index in [-0.39, 0.29) is 5.56 Å². The van der Waals surface area contributed by atoms with Crippen molar-refractivity contribution in [2.45, 2.75) is 13.3 Å². The highest BCUT2D eigenvalue weighted by molar-refractivity contribution is 5.83. The molecule has 0 unspecified atom stereocenters. The Morgan fingerprint density at radius 3 is 2.65 bits per heavy atom. The Kier molecular flexibility index (Phi) is 2.99. The van der Waals surface area contributed by atoms with Crippen LogP contribution in [0.2, 0.25) is 0 Å². The second kappa shape index (κ2) is 4.81. The van der Waals surface area contributed by atoms with Crippen molar-refractivity contribution in [3.05, 3.63) is 69.6 Å². The van der Waals surface area contributed by atoms with Crippen LogP contribution in [0.15, 0.2) is 47.3 Å². The zero-order chi connectivity index (χ0) is 14.1. The lowest BCUT2D eigenvalue weighted by atomic mass is 10.0. The number of fused-ring (bicyclic) bond motifs is 1. The fourth-order valence-corrected chi connectivity index (χ4v) is 2.30. The molecule has 0 spiro atoms. The van der Waals surface area contributed by atoms with E-state index in [4.69, 9.17) is 5.73 Å². The van der Waals surface area contributed by atoms with Gasteiger partial charge in [-0.05, 0) is 30.2 Å². The van der Waals surface area contributed by atoms with Gasteiger partial charge in [-0.1, -0.05) is 30.3 Å². The number of aromatic nitrogens is 2. The van der Waals surface area contributed by atoms with Crippen LogP contribution in [0, 0.1) is 6.92 Å². The van der Waals surface area contributed by atoms with Gasteiger partial charge in [-0.25, -0.2) is 5.10 Å². The molecule has 4 nitrogen and oxygen atoms in total. The first-order valence-electron chi connectivity index (χ1n) is 6.46. The number of aromatic amines is 1. The van der Waals surface area contributed by atoms with Gasteiger partial charge in [0.25, 0.3) is 5.56 Å². The standard InChI is InChI=1S/C16H15N3O/c1-10-6-7-11(8-14(10)17)9-15-12-4-2-3-5-13(12)16(20)19-18-15/h2-8H,9,17H2,1H3,(H,19,20). The van der Waals surface area contributed by atoms with Crippen LogP contribution in [0.25, 0.3) is 10.8 Å². The molecule has 0 saturated heterocycles. The number of aryl methyl sites for hydroxylation is 1. The average Bonchev–Trinajstić information content (AvgIpc) is 2.46. The molecule has 3 aromatic rings. The Balaban J connectivity index is 2.09. The molecule has 100 valence electrons. The Morgan fingerprint density at radius 1 is 1.15 bits per heavy atom. The summed E-state index contributed by atoms with van der Waals surface area (Å²) in [6.07, 6.45) is 0.641. The van der Waals surface area contributed by atoms with Gasteiger partial charge in [0.1, 0.15) is 0 Å². The van der Waals surface area contributed by atoms with Crippen LogP contribution in [0.3, 0.4) is 0 Å². The zero-order valence-corrected chi connectivity index (χ0v) is 11.2. The van der Waals surface area contributed by atoms with Crippen LogP contribution in [0.5, 0.6) is 0 Å². The summed E-state index contributed by atoms with van der Waals surface area (Å²) in [4.78, 5) is 11.7. The molecule has 0 aliphatic carbocycles. The maximum atomic E-state index is 11.7. The maximum Gasteiger partial charge on any atom is 0.272 e. The van der Waals surface area contributed by atoms with Crippen LogP contribution in [-0.4, -0.2) is 10.2 Å². The molecule has 0 aliphatic rings. The van der Waals surface area contributed by atoms with Gasteiger partial charge in [0.15, 0.2) is 0 Å². The lowest BCUT2D eigenvalue weighted by Gasteiger charge is -2.07. The number of hydrogen-bond acceptors (Lipinski definition) is 3. The van der Waals surface area contributed by atoms with Crippen molar-refractivity contribution in [3.8, 4) is 0 Å². The van der Waals surface area contributed by atoms with Gasteiger partial charge < -0.3 is 5.73 Å². The summed E-state index contributed by atoms with van der Waals surface area (Å²) in [5.41, 5.74) is 9.54. The number of nitrogens with zero attached hydrogens (tertiary/aromatic N) is 1. The summed E-state index contributed by atoms with van der Waals surface area (Å²) < 4.78 is 0. The summed E-state index contributed by atoms with van der Waals surface area (Å²) in [6, 6.07) is 13.5. The second-order valence-corrected chi connectivity index (χ2v) is 4.91. The van der Waals surface area contributed by atoms with Crippen molar-refractivity contribution in [1.82, 2.24) is 10.2 Å². The summed E-state index contributed by atoms with van der Waals surface area (Å²) in [5, 5.41) is 8.28. The van der Waals surface area contributed by atoms with Gasteiger partial charge in [0.2, 0.25) is 0 Å². The van der Waals surface area contributed by atoms with Crippen molar-refractivity contribution in [1.29, 1.82) is 0 Å². The molecule has 0 bridgehead atoms. The number of nitrogens with two attached hydrogens (primary N) is 1. The summed E-state index contributed by atoms with van der Waals surface area (Å²) in [6.45, 7) is 1.98. The van der Waals surface area contributed by atoms with E-state index in [9.17, 15) is 4.79 Å². The minimum Gasteiger partial charge on any atom is -0.399 e. The Bertz CT molecular complexity index is 836. The lowest BCUT2D eigenvalue weighted by molar-refractivity contribution is 0.934. The molecule has 20 heavy (non-hydrogen) atoms. The van der Waals surface area contributed by atoms with Gasteiger partial charge in [0, 0.05) is 17.5 Å². The molecule has 0 amide bonds. The Hall–Kier alpha value is -2.62. The highest BCUT2D eigenvalue weighted by atomic mass is 16.1. The van der Waals surface area contributed by atoms with Crippen molar-refractivity contribution in [2.24, 2.45) is 0 Å². The number of nitrogens with one attached hydrogen (secondary N) is 1. The third-order valence-corrected chi connectivity index (χ3v) is 3.49. The normalized spacial score (nSPS) is 10.8. The van der Waals surface area contributed by atoms with E-state index in [1.165, 1.54) is 0 Å². The zero-order valence-electron chi connectivity index (χ0n) is 11.2. The number of benzene rings is 2. The van der Waals surface area contributed by atoms with E-state index in [0.29, 0.717) is 11.8 Å². The monoisotopic (exact) mass is 265 g/mol. The summed E-state index contributed by atoms with van der Waals surface area (Å²) in [5.74, 6) is 0. The first-order chi connectivity index (χ1) is 9.65. The van der Waals surface area contributed by atoms with E-state index in [1.807, 2.05) is 49.4 Å². The molecule has 3 rings (SSSR count). The van der Waals surface area contributed by atoms with Gasteiger partial charge in [-0.2, -0.15) is 5.10 Å². The first-order valence-corrected chi connectivity index (χ1v) is 6.46. The first kappa shape index (κ1) is 12.4. The minimum atomic E-state index is -0.159. The van der Waals surface area contributed by atoms with Crippen LogP contribution < -0.4 is 11.3 Å². The minimum absolute atomic E-state index is 0.159. The predicted molar refractivity (Wildman–Crippen MR) is 80.8 cm³/mol. The van der Waals surface area contributed by atoms with E-state index in [2.05, 4.69) is 10.2 Å². The molecule has 0 atom stereocenters. The molecule has 1 heterocycles. The van der Waals surface area contributed by atoms with Crippen molar-refractivity contribution in [2.75, 3.05) is 5.73 Å². The van der Waals surface area contributed by atoms with E-state index in [0.717, 1.165) is 27.9 Å². The average molecular weight is 265 g/mol. The fraction of sp³-hybridized carbons (Fsp3) is 0.125. The van der Waals surface area contributed by atoms with Crippen molar-refractivity contribution >= 4 is 16.5 Å². The summed E-state index contributed by atoms with van der Waals surface area (Å²) in [7, 11) is 0. The molecule has 0 aliphatic heterocycles. The number of H-pyrrole nitrogens is 1. The molecule has 4 heteroatoms. The number of anilines is 1. The predicted octanol–water partition coefficient (Wildman–Crippen LogP) is 2.40. The van der Waals surface area contributed by atoms with Gasteiger partial charge in [-0.3, -0.25) is 4.79 Å². The summed E-state index contributed by atoms with van der Waals surface area (Å²) >= 11 is 0. The van der Waals surface area contributed by atoms with Crippen LogP contribution in [0.1, 0.15) is 16.8 Å². The fourth-order valence-electron chi connectivity index (χ4n) is 2.30. The molecule has 1 aromatic heterocycles.